The minimum absolute atomic E-state index is 0. The summed E-state index contributed by atoms with van der Waals surface area (Å²) in [5.74, 6) is 0.580. The van der Waals surface area contributed by atoms with Crippen molar-refractivity contribution in [3.05, 3.63) is 64.2 Å². The number of hydrogen-bond acceptors (Lipinski definition) is 0. The van der Waals surface area contributed by atoms with Crippen molar-refractivity contribution in [3.63, 3.8) is 0 Å². The van der Waals surface area contributed by atoms with Gasteiger partial charge in [-0.2, -0.15) is 0 Å². The Kier molecular flexibility index (Phi) is 11.2. The molecular formula is C30H43Cl2SiZr. The van der Waals surface area contributed by atoms with Gasteiger partial charge >= 0.3 is 211 Å². The van der Waals surface area contributed by atoms with E-state index in [1.165, 1.54) is 28.7 Å². The van der Waals surface area contributed by atoms with Crippen LogP contribution in [0.5, 0.6) is 0 Å². The molecule has 0 aromatic heterocycles. The molecule has 1 unspecified atom stereocenters. The van der Waals surface area contributed by atoms with E-state index < -0.39 is 22.4 Å². The van der Waals surface area contributed by atoms with E-state index in [0.29, 0.717) is 0 Å². The molecule has 2 aromatic rings. The molecule has 1 aliphatic rings. The molecule has 185 valence electrons. The summed E-state index contributed by atoms with van der Waals surface area (Å²) in [6, 6.07) is 14.6. The molecule has 3 rings (SSSR count). The van der Waals surface area contributed by atoms with E-state index in [1.54, 1.807) is 22.3 Å². The number of halogens is 2. The maximum atomic E-state index is 2.55. The second kappa shape index (κ2) is 11.9. The van der Waals surface area contributed by atoms with Gasteiger partial charge in [0.05, 0.1) is 0 Å². The van der Waals surface area contributed by atoms with E-state index in [0.717, 1.165) is 9.54 Å². The number of fused-ring (bicyclic) bond motifs is 1. The van der Waals surface area contributed by atoms with Crippen LogP contribution in [0.2, 0.25) is 13.1 Å². The van der Waals surface area contributed by atoms with Gasteiger partial charge in [0.15, 0.2) is 0 Å². The van der Waals surface area contributed by atoms with Crippen LogP contribution in [-0.2, 0) is 33.2 Å². The summed E-state index contributed by atoms with van der Waals surface area (Å²) in [5, 5.41) is 0. The zero-order valence-corrected chi connectivity index (χ0v) is 28.1. The first-order valence-electron chi connectivity index (χ1n) is 12.3. The van der Waals surface area contributed by atoms with Crippen molar-refractivity contribution in [2.45, 2.75) is 96.3 Å². The topological polar surface area (TPSA) is 0 Å². The van der Waals surface area contributed by atoms with Gasteiger partial charge in [0.2, 0.25) is 0 Å². The van der Waals surface area contributed by atoms with Gasteiger partial charge in [0.1, 0.15) is 0 Å². The third-order valence-electron chi connectivity index (χ3n) is 6.65. The van der Waals surface area contributed by atoms with E-state index in [2.05, 4.69) is 112 Å². The molecule has 2 aromatic carbocycles. The minimum Gasteiger partial charge on any atom is -1.00 e. The molecule has 0 saturated heterocycles. The van der Waals surface area contributed by atoms with Crippen LogP contribution >= 0.6 is 0 Å². The van der Waals surface area contributed by atoms with Crippen LogP contribution in [0.25, 0.3) is 16.7 Å². The maximum absolute atomic E-state index is 2.55. The third kappa shape index (κ3) is 7.00. The monoisotopic (exact) mass is 591 g/mol. The molecule has 0 N–H and O–H groups in total. The van der Waals surface area contributed by atoms with E-state index >= 15 is 0 Å². The predicted molar refractivity (Wildman–Crippen MR) is 142 cm³/mol. The Labute approximate surface area is 234 Å². The van der Waals surface area contributed by atoms with Crippen molar-refractivity contribution < 1.29 is 47.2 Å². The Hall–Kier alpha value is -0.140. The van der Waals surface area contributed by atoms with Crippen LogP contribution in [0.1, 0.15) is 94.6 Å². The Bertz CT molecular complexity index is 991. The number of rotatable bonds is 5. The third-order valence-corrected chi connectivity index (χ3v) is 15.5. The molecule has 0 saturated carbocycles. The fourth-order valence-electron chi connectivity index (χ4n) is 4.85. The van der Waals surface area contributed by atoms with E-state index in [4.69, 9.17) is 0 Å². The van der Waals surface area contributed by atoms with Crippen molar-refractivity contribution in [1.82, 2.24) is 0 Å². The smallest absolute Gasteiger partial charge is 1.00 e. The molecule has 0 spiro atoms. The molecule has 1 aliphatic carbocycles. The van der Waals surface area contributed by atoms with Crippen LogP contribution in [0.15, 0.2) is 42.0 Å². The van der Waals surface area contributed by atoms with Crippen molar-refractivity contribution in [3.8, 4) is 11.1 Å². The standard InChI is InChI=1S/C28H37.C2H6Si.2ClH.Zr/c1-18(2)13-21-14-20-11-10-12-25(26(20)19(21)3)22-15-23(27(4,5)6)17-24(16-22)28(7,8)9;1-3-2;;;/h10-12,14-18H,13H2,1-9H3;1-2H3;2*1H;/q;;;;+2/p-2. The van der Waals surface area contributed by atoms with E-state index in [-0.39, 0.29) is 41.6 Å². The van der Waals surface area contributed by atoms with Gasteiger partial charge in [-0.25, -0.2) is 0 Å². The van der Waals surface area contributed by atoms with Gasteiger partial charge in [0.25, 0.3) is 0 Å². The first-order chi connectivity index (χ1) is 14.7. The summed E-state index contributed by atoms with van der Waals surface area (Å²) in [4.78, 5) is 0. The van der Waals surface area contributed by atoms with Gasteiger partial charge < -0.3 is 24.8 Å². The Morgan fingerprint density at radius 2 is 1.41 bits per heavy atom. The van der Waals surface area contributed by atoms with Crippen molar-refractivity contribution in [2.75, 3.05) is 0 Å². The second-order valence-electron chi connectivity index (χ2n) is 12.4. The molecule has 0 aliphatic heterocycles. The molecular weight excluding hydrogens is 551 g/mol. The molecule has 0 amide bonds. The molecule has 1 atom stereocenters. The van der Waals surface area contributed by atoms with E-state index in [1.807, 2.05) is 0 Å². The van der Waals surface area contributed by atoms with Crippen molar-refractivity contribution in [1.29, 1.82) is 0 Å². The molecule has 4 heteroatoms. The molecule has 0 heterocycles. The zero-order chi connectivity index (χ0) is 24.0. The fraction of sp³-hybridized carbons (Fsp3) is 0.533. The van der Waals surface area contributed by atoms with Crippen molar-refractivity contribution >= 4 is 11.5 Å². The number of allylic oxidation sites excluding steroid dienone is 2. The zero-order valence-electron chi connectivity index (χ0n) is 23.1. The molecule has 1 radical (unpaired) electrons. The maximum Gasteiger partial charge on any atom is -1.00 e. The summed E-state index contributed by atoms with van der Waals surface area (Å²) in [7, 11) is 0. The largest absolute Gasteiger partial charge is 1.00 e. The summed E-state index contributed by atoms with van der Waals surface area (Å²) < 4.78 is 0.785. The van der Waals surface area contributed by atoms with Gasteiger partial charge in [-0.3, -0.25) is 0 Å². The normalized spacial score (nSPS) is 15.7. The SMILES string of the molecule is CC1=C(CC(C)C)[CH]([Zr+2][Si](C)C)c2cccc(-c3cc(C(C)(C)C)cc(C(C)(C)C)c3)c21.[Cl-].[Cl-]. The molecule has 34 heavy (non-hydrogen) atoms. The molecule has 0 bridgehead atoms. The average Bonchev–Trinajstić information content (AvgIpc) is 2.91. The van der Waals surface area contributed by atoms with Gasteiger partial charge in [-0.15, -0.1) is 0 Å². The number of benzene rings is 2. The first-order valence-corrected chi connectivity index (χ1v) is 19.9. The Balaban J connectivity index is 0.00000289. The van der Waals surface area contributed by atoms with Gasteiger partial charge in [0, 0.05) is 0 Å². The van der Waals surface area contributed by atoms with Gasteiger partial charge in [-0.1, -0.05) is 0 Å². The van der Waals surface area contributed by atoms with Crippen LogP contribution in [0.3, 0.4) is 0 Å². The van der Waals surface area contributed by atoms with Crippen LogP contribution in [-0.4, -0.2) is 5.92 Å². The predicted octanol–water partition coefficient (Wildman–Crippen LogP) is 3.16. The Morgan fingerprint density at radius 3 is 1.85 bits per heavy atom. The first kappa shape index (κ1) is 31.9. The minimum atomic E-state index is -0.449. The van der Waals surface area contributed by atoms with Gasteiger partial charge in [-0.05, 0) is 0 Å². The molecule has 0 fully saturated rings. The van der Waals surface area contributed by atoms with Crippen LogP contribution in [0.4, 0.5) is 0 Å². The average molecular weight is 594 g/mol. The van der Waals surface area contributed by atoms with Crippen LogP contribution in [0, 0.1) is 5.92 Å². The summed E-state index contributed by atoms with van der Waals surface area (Å²) in [6.45, 7) is 26.3. The summed E-state index contributed by atoms with van der Waals surface area (Å²) in [5.41, 5.74) is 12.6. The summed E-state index contributed by atoms with van der Waals surface area (Å²) >= 11 is -0.449. The summed E-state index contributed by atoms with van der Waals surface area (Å²) in [6.07, 6.45) is 1.26. The molecule has 0 nitrogen and oxygen atoms in total. The van der Waals surface area contributed by atoms with E-state index in [9.17, 15) is 0 Å². The van der Waals surface area contributed by atoms with Crippen molar-refractivity contribution in [2.24, 2.45) is 5.92 Å². The van der Waals surface area contributed by atoms with Crippen LogP contribution < -0.4 is 24.8 Å². The fourth-order valence-corrected chi connectivity index (χ4v) is 13.9. The second-order valence-corrected chi connectivity index (χ2v) is 25.6. The quantitative estimate of drug-likeness (QED) is 0.468. The number of hydrogen-bond donors (Lipinski definition) is 0. The Morgan fingerprint density at radius 1 is 0.882 bits per heavy atom.